The molecule has 8 heteroatoms. The van der Waals surface area contributed by atoms with E-state index in [9.17, 15) is 0 Å². The van der Waals surface area contributed by atoms with Crippen molar-refractivity contribution in [2.24, 2.45) is 0 Å². The van der Waals surface area contributed by atoms with E-state index in [0.717, 1.165) is 61.2 Å². The van der Waals surface area contributed by atoms with Gasteiger partial charge in [0.1, 0.15) is 22.8 Å². The molecule has 4 aromatic rings. The van der Waals surface area contributed by atoms with Gasteiger partial charge in [-0.05, 0) is 30.0 Å². The van der Waals surface area contributed by atoms with Gasteiger partial charge in [-0.3, -0.25) is 4.98 Å². The molecular formula is C23H25N7S. The molecule has 0 bridgehead atoms. The number of anilines is 3. The van der Waals surface area contributed by atoms with Gasteiger partial charge < -0.3 is 9.80 Å². The van der Waals surface area contributed by atoms with Crippen molar-refractivity contribution in [1.82, 2.24) is 24.7 Å². The summed E-state index contributed by atoms with van der Waals surface area (Å²) >= 11 is 1.78. The van der Waals surface area contributed by atoms with E-state index in [2.05, 4.69) is 56.6 Å². The van der Waals surface area contributed by atoms with Crippen molar-refractivity contribution in [3.05, 3.63) is 53.1 Å². The molecule has 0 N–H and O–H groups in total. The van der Waals surface area contributed by atoms with Gasteiger partial charge in [0.05, 0.1) is 23.5 Å². The third-order valence-electron chi connectivity index (χ3n) is 6.26. The zero-order valence-electron chi connectivity index (χ0n) is 17.8. The Morgan fingerprint density at radius 3 is 2.90 bits per heavy atom. The molecule has 4 aromatic heterocycles. The maximum atomic E-state index is 4.84. The summed E-state index contributed by atoms with van der Waals surface area (Å²) in [7, 11) is 0. The number of hydrogen-bond donors (Lipinski definition) is 0. The molecule has 2 aliphatic heterocycles. The van der Waals surface area contributed by atoms with Crippen molar-refractivity contribution in [3.63, 3.8) is 0 Å². The first-order valence-corrected chi connectivity index (χ1v) is 11.8. The third-order valence-corrected chi connectivity index (χ3v) is 7.60. The van der Waals surface area contributed by atoms with Gasteiger partial charge in [-0.2, -0.15) is 5.10 Å². The van der Waals surface area contributed by atoms with Crippen molar-refractivity contribution in [1.29, 1.82) is 0 Å². The molecule has 6 rings (SSSR count). The highest BCUT2D eigenvalue weighted by molar-refractivity contribution is 7.18. The average molecular weight is 432 g/mol. The number of fused-ring (bicyclic) bond motifs is 3. The molecule has 31 heavy (non-hydrogen) atoms. The van der Waals surface area contributed by atoms with Crippen LogP contribution in [-0.4, -0.2) is 37.8 Å². The van der Waals surface area contributed by atoms with Crippen molar-refractivity contribution < 1.29 is 0 Å². The molecule has 0 saturated heterocycles. The summed E-state index contributed by atoms with van der Waals surface area (Å²) in [6.07, 6.45) is 7.63. The fourth-order valence-corrected chi connectivity index (χ4v) is 5.62. The minimum Gasteiger partial charge on any atom is -0.351 e. The number of thiophene rings is 1. The van der Waals surface area contributed by atoms with Crippen LogP contribution in [0.25, 0.3) is 10.2 Å². The Bertz CT molecular complexity index is 1260. The molecule has 6 heterocycles. The number of nitrogens with zero attached hydrogens (tertiary/aromatic N) is 7. The predicted octanol–water partition coefficient (Wildman–Crippen LogP) is 4.51. The molecule has 0 fully saturated rings. The van der Waals surface area contributed by atoms with Gasteiger partial charge in [-0.25, -0.2) is 14.6 Å². The Balaban J connectivity index is 1.34. The maximum absolute atomic E-state index is 4.84. The highest BCUT2D eigenvalue weighted by Gasteiger charge is 2.24. The van der Waals surface area contributed by atoms with Gasteiger partial charge in [0, 0.05) is 49.2 Å². The molecule has 0 atom stereocenters. The first-order chi connectivity index (χ1) is 15.2. The normalized spacial score (nSPS) is 16.1. The lowest BCUT2D eigenvalue weighted by Crippen LogP contribution is -2.33. The summed E-state index contributed by atoms with van der Waals surface area (Å²) in [5.74, 6) is 2.69. The van der Waals surface area contributed by atoms with Gasteiger partial charge in [0.15, 0.2) is 0 Å². The summed E-state index contributed by atoms with van der Waals surface area (Å²) < 4.78 is 2.08. The molecule has 0 radical (unpaired) electrons. The van der Waals surface area contributed by atoms with Crippen LogP contribution in [0.4, 0.5) is 17.3 Å². The highest BCUT2D eigenvalue weighted by atomic mass is 32.1. The molecule has 0 aromatic carbocycles. The highest BCUT2D eigenvalue weighted by Crippen LogP contribution is 2.36. The SMILES string of the molecule is CC(C)c1cc2c(N3CCc4ncc(N5CCCn6nccc65)cc4C3)ncnc2s1. The van der Waals surface area contributed by atoms with E-state index in [1.165, 1.54) is 21.5 Å². The molecule has 0 spiro atoms. The number of aromatic nitrogens is 5. The molecule has 7 nitrogen and oxygen atoms in total. The van der Waals surface area contributed by atoms with Gasteiger partial charge in [-0.1, -0.05) is 13.8 Å². The minimum atomic E-state index is 0.499. The van der Waals surface area contributed by atoms with E-state index in [1.54, 1.807) is 17.7 Å². The topological polar surface area (TPSA) is 63.0 Å². The fraction of sp³-hybridized carbons (Fsp3) is 0.391. The Morgan fingerprint density at radius 1 is 1.06 bits per heavy atom. The zero-order valence-corrected chi connectivity index (χ0v) is 18.6. The largest absolute Gasteiger partial charge is 0.351 e. The standard InChI is InChI=1S/C23H25N7S/c1-15(2)20-11-18-22(25-14-26-23(18)31-20)28-9-5-19-16(13-28)10-17(12-24-19)29-7-3-8-30-21(29)4-6-27-30/h4,6,10-12,14-15H,3,5,7-9,13H2,1-2H3. The predicted molar refractivity (Wildman–Crippen MR) is 124 cm³/mol. The van der Waals surface area contributed by atoms with E-state index >= 15 is 0 Å². The smallest absolute Gasteiger partial charge is 0.141 e. The number of pyridine rings is 1. The van der Waals surface area contributed by atoms with E-state index in [4.69, 9.17) is 9.97 Å². The van der Waals surface area contributed by atoms with Crippen LogP contribution < -0.4 is 9.80 Å². The first kappa shape index (κ1) is 18.7. The second kappa shape index (κ2) is 7.30. The summed E-state index contributed by atoms with van der Waals surface area (Å²) in [5, 5.41) is 5.62. The molecule has 158 valence electrons. The van der Waals surface area contributed by atoms with E-state index in [1.807, 2.05) is 12.4 Å². The van der Waals surface area contributed by atoms with Crippen LogP contribution >= 0.6 is 11.3 Å². The van der Waals surface area contributed by atoms with Gasteiger partial charge in [-0.15, -0.1) is 11.3 Å². The van der Waals surface area contributed by atoms with Gasteiger partial charge >= 0.3 is 0 Å². The molecule has 0 aliphatic carbocycles. The van der Waals surface area contributed by atoms with E-state index in [0.29, 0.717) is 5.92 Å². The van der Waals surface area contributed by atoms with E-state index in [-0.39, 0.29) is 0 Å². The van der Waals surface area contributed by atoms with Crippen LogP contribution in [0.5, 0.6) is 0 Å². The Labute approximate surface area is 185 Å². The zero-order chi connectivity index (χ0) is 20.9. The Kier molecular flexibility index (Phi) is 4.41. The first-order valence-electron chi connectivity index (χ1n) is 10.9. The summed E-state index contributed by atoms with van der Waals surface area (Å²) in [5.41, 5.74) is 3.63. The minimum absolute atomic E-state index is 0.499. The monoisotopic (exact) mass is 431 g/mol. The van der Waals surface area contributed by atoms with Crippen molar-refractivity contribution in [3.8, 4) is 0 Å². The Morgan fingerprint density at radius 2 is 2.00 bits per heavy atom. The number of rotatable bonds is 3. The summed E-state index contributed by atoms with van der Waals surface area (Å²) in [6, 6.07) is 6.67. The summed E-state index contributed by atoms with van der Waals surface area (Å²) in [6.45, 7) is 8.18. The summed E-state index contributed by atoms with van der Waals surface area (Å²) in [4.78, 5) is 21.2. The van der Waals surface area contributed by atoms with Crippen LogP contribution in [0.2, 0.25) is 0 Å². The maximum Gasteiger partial charge on any atom is 0.141 e. The van der Waals surface area contributed by atoms with Crippen LogP contribution in [0.1, 0.15) is 42.3 Å². The lowest BCUT2D eigenvalue weighted by Gasteiger charge is -2.32. The van der Waals surface area contributed by atoms with Crippen LogP contribution in [0.15, 0.2) is 36.9 Å². The fourth-order valence-electron chi connectivity index (χ4n) is 4.62. The van der Waals surface area contributed by atoms with Crippen LogP contribution in [0, 0.1) is 0 Å². The molecular weight excluding hydrogens is 406 g/mol. The lowest BCUT2D eigenvalue weighted by molar-refractivity contribution is 0.541. The molecule has 0 unspecified atom stereocenters. The number of aryl methyl sites for hydroxylation is 1. The van der Waals surface area contributed by atoms with Crippen LogP contribution in [0.3, 0.4) is 0 Å². The van der Waals surface area contributed by atoms with Gasteiger partial charge in [0.25, 0.3) is 0 Å². The quantitative estimate of drug-likeness (QED) is 0.476. The second-order valence-electron chi connectivity index (χ2n) is 8.61. The van der Waals surface area contributed by atoms with E-state index < -0.39 is 0 Å². The van der Waals surface area contributed by atoms with Crippen molar-refractivity contribution >= 4 is 38.9 Å². The third kappa shape index (κ3) is 3.17. The molecule has 0 saturated carbocycles. The number of hydrogen-bond acceptors (Lipinski definition) is 7. The van der Waals surface area contributed by atoms with Crippen molar-refractivity contribution in [2.45, 2.75) is 45.7 Å². The van der Waals surface area contributed by atoms with Gasteiger partial charge in [0.2, 0.25) is 0 Å². The average Bonchev–Trinajstić information content (AvgIpc) is 3.45. The lowest BCUT2D eigenvalue weighted by atomic mass is 10.0. The molecule has 0 amide bonds. The molecule has 2 aliphatic rings. The Hall–Kier alpha value is -3.00. The van der Waals surface area contributed by atoms with Crippen LogP contribution in [-0.2, 0) is 19.5 Å². The second-order valence-corrected chi connectivity index (χ2v) is 9.67. The van der Waals surface area contributed by atoms with Crippen molar-refractivity contribution in [2.75, 3.05) is 22.9 Å².